The van der Waals surface area contributed by atoms with Gasteiger partial charge in [-0.15, -0.1) is 0 Å². The van der Waals surface area contributed by atoms with Crippen LogP contribution in [0, 0.1) is 0 Å². The fraction of sp³-hybridized carbons (Fsp3) is 0.408. The molecule has 0 atom stereocenters. The van der Waals surface area contributed by atoms with Crippen LogP contribution in [0.2, 0.25) is 0 Å². The van der Waals surface area contributed by atoms with Gasteiger partial charge in [-0.25, -0.2) is 29.9 Å². The molecule has 0 amide bonds. The third kappa shape index (κ3) is 8.27. The number of nitrogens with zero attached hydrogens (tertiary/aromatic N) is 9. The second-order valence-corrected chi connectivity index (χ2v) is 16.5. The monoisotopic (exact) mass is 797 g/mol. The second-order valence-electron chi connectivity index (χ2n) is 16.5. The van der Waals surface area contributed by atoms with E-state index < -0.39 is 0 Å². The average molecular weight is 798 g/mol. The smallest absolute Gasteiger partial charge is 0.166 e. The number of rotatable bonds is 18. The van der Waals surface area contributed by atoms with E-state index in [-0.39, 0.29) is 0 Å². The highest BCUT2D eigenvalue weighted by atomic mass is 15.1. The molecule has 0 radical (unpaired) electrons. The Morgan fingerprint density at radius 3 is 1.28 bits per heavy atom. The number of aryl methyl sites for hydroxylation is 2. The predicted octanol–water partition coefficient (Wildman–Crippen LogP) is 12.4. The minimum atomic E-state index is 0.516. The molecule has 1 aromatic carbocycles. The summed E-state index contributed by atoms with van der Waals surface area (Å²) in [6, 6.07) is 10.6. The molecular weight excluding hydrogens is 743 g/mol. The lowest BCUT2D eigenvalue weighted by Crippen LogP contribution is -1.98. The second kappa shape index (κ2) is 18.5. The molecule has 11 nitrogen and oxygen atoms in total. The topological polar surface area (TPSA) is 148 Å². The number of unbranched alkanes of at least 4 members (excludes halogenated alkanes) is 14. The maximum absolute atomic E-state index is 5.40. The van der Waals surface area contributed by atoms with Gasteiger partial charge in [0.1, 0.15) is 22.6 Å². The van der Waals surface area contributed by atoms with Gasteiger partial charge in [0.2, 0.25) is 0 Å². The zero-order valence-corrected chi connectivity index (χ0v) is 35.1. The molecule has 2 N–H and O–H groups in total. The van der Waals surface area contributed by atoms with Crippen molar-refractivity contribution in [3.63, 3.8) is 0 Å². The first-order chi connectivity index (χ1) is 29.7. The van der Waals surface area contributed by atoms with Gasteiger partial charge in [-0.2, -0.15) is 0 Å². The van der Waals surface area contributed by atoms with E-state index in [1.807, 2.05) is 30.6 Å². The molecule has 2 aliphatic rings. The molecule has 7 aromatic rings. The fourth-order valence-electron chi connectivity index (χ4n) is 8.90. The molecule has 0 unspecified atom stereocenters. The predicted molar refractivity (Wildman–Crippen MR) is 242 cm³/mol. The molecule has 60 heavy (non-hydrogen) atoms. The standard InChI is InChI=1S/C49H55N11/c1-3-5-7-9-11-13-15-17-19-32-21-22-33(20-18-16-14-12-10-8-6-4-2)41-40(32)48-58-44-36-25-28-51-30-38(36)46(56-44)57-45-37-29-50-26-23-34(37)42(54-45)53-43-35-24-27-52-31-39(35)47(55-43)59-49(41)60-48/h21-31H,3-20H2,1-2H3,(H2,53,54,55,56,57,58,59,60). The first kappa shape index (κ1) is 39.5. The average Bonchev–Trinajstić information content (AvgIpc) is 4.02. The Labute approximate surface area is 351 Å². The summed E-state index contributed by atoms with van der Waals surface area (Å²) >= 11 is 0. The van der Waals surface area contributed by atoms with Crippen LogP contribution in [0.1, 0.15) is 128 Å². The summed E-state index contributed by atoms with van der Waals surface area (Å²) in [5.41, 5.74) is 8.96. The summed E-state index contributed by atoms with van der Waals surface area (Å²) in [5, 5.41) is 3.52. The van der Waals surface area contributed by atoms with E-state index in [0.717, 1.165) is 69.5 Å². The van der Waals surface area contributed by atoms with Crippen LogP contribution in [0.15, 0.2) is 67.5 Å². The van der Waals surface area contributed by atoms with E-state index in [1.54, 1.807) is 24.8 Å². The van der Waals surface area contributed by atoms with Crippen molar-refractivity contribution in [2.75, 3.05) is 0 Å². The van der Waals surface area contributed by atoms with Gasteiger partial charge >= 0.3 is 0 Å². The van der Waals surface area contributed by atoms with Gasteiger partial charge in [-0.05, 0) is 55.0 Å². The van der Waals surface area contributed by atoms with Gasteiger partial charge in [0.15, 0.2) is 23.3 Å². The van der Waals surface area contributed by atoms with E-state index in [9.17, 15) is 0 Å². The first-order valence-electron chi connectivity index (χ1n) is 22.5. The minimum absolute atomic E-state index is 0.516. The van der Waals surface area contributed by atoms with Crippen molar-refractivity contribution in [1.29, 1.82) is 0 Å². The molecule has 2 aliphatic heterocycles. The number of benzene rings is 1. The Hall–Kier alpha value is -5.97. The van der Waals surface area contributed by atoms with Crippen LogP contribution in [0.25, 0.3) is 89.7 Å². The number of fused-ring (bicyclic) bond motifs is 20. The van der Waals surface area contributed by atoms with E-state index in [2.05, 4.69) is 50.9 Å². The van der Waals surface area contributed by atoms with Crippen LogP contribution < -0.4 is 0 Å². The Balaban J connectivity index is 1.22. The quantitative estimate of drug-likeness (QED) is 0.0809. The zero-order chi connectivity index (χ0) is 40.7. The highest BCUT2D eigenvalue weighted by molar-refractivity contribution is 6.06. The lowest BCUT2D eigenvalue weighted by Gasteiger charge is -2.13. The van der Waals surface area contributed by atoms with Gasteiger partial charge in [0.25, 0.3) is 0 Å². The molecular formula is C49H55N11. The van der Waals surface area contributed by atoms with Crippen molar-refractivity contribution < 1.29 is 0 Å². The molecule has 9 rings (SSSR count). The summed E-state index contributed by atoms with van der Waals surface area (Å²) in [4.78, 5) is 51.9. The van der Waals surface area contributed by atoms with Gasteiger partial charge < -0.3 is 9.97 Å². The van der Waals surface area contributed by atoms with Crippen LogP contribution in [-0.4, -0.2) is 54.8 Å². The highest BCUT2D eigenvalue weighted by Crippen LogP contribution is 2.41. The minimum Gasteiger partial charge on any atom is -0.324 e. The van der Waals surface area contributed by atoms with Gasteiger partial charge in [-0.1, -0.05) is 116 Å². The van der Waals surface area contributed by atoms with E-state index in [4.69, 9.17) is 29.9 Å². The molecule has 11 heteroatoms. The molecule has 8 heterocycles. The van der Waals surface area contributed by atoms with Crippen molar-refractivity contribution in [3.8, 4) is 45.6 Å². The summed E-state index contributed by atoms with van der Waals surface area (Å²) < 4.78 is 0. The number of aromatic nitrogens is 11. The Morgan fingerprint density at radius 1 is 0.367 bits per heavy atom. The van der Waals surface area contributed by atoms with Crippen molar-refractivity contribution in [2.24, 2.45) is 0 Å². The Morgan fingerprint density at radius 2 is 0.767 bits per heavy atom. The summed E-state index contributed by atoms with van der Waals surface area (Å²) in [6.45, 7) is 4.56. The van der Waals surface area contributed by atoms with Crippen molar-refractivity contribution >= 4 is 44.1 Å². The van der Waals surface area contributed by atoms with Crippen LogP contribution in [0.5, 0.6) is 0 Å². The molecule has 0 spiro atoms. The Bertz CT molecular complexity index is 2600. The van der Waals surface area contributed by atoms with Gasteiger partial charge in [-0.3, -0.25) is 15.0 Å². The number of H-pyrrole nitrogens is 2. The largest absolute Gasteiger partial charge is 0.324 e. The van der Waals surface area contributed by atoms with E-state index >= 15 is 0 Å². The van der Waals surface area contributed by atoms with Crippen molar-refractivity contribution in [2.45, 2.75) is 129 Å². The fourth-order valence-corrected chi connectivity index (χ4v) is 8.90. The van der Waals surface area contributed by atoms with Crippen molar-refractivity contribution in [1.82, 2.24) is 54.8 Å². The van der Waals surface area contributed by atoms with Crippen molar-refractivity contribution in [3.05, 3.63) is 78.6 Å². The van der Waals surface area contributed by atoms with Gasteiger partial charge in [0, 0.05) is 81.0 Å². The summed E-state index contributed by atoms with van der Waals surface area (Å²) in [6.07, 6.45) is 33.1. The summed E-state index contributed by atoms with van der Waals surface area (Å²) in [5.74, 6) is 2.38. The molecule has 0 aliphatic carbocycles. The van der Waals surface area contributed by atoms with E-state index in [0.29, 0.717) is 45.9 Å². The summed E-state index contributed by atoms with van der Waals surface area (Å²) in [7, 11) is 0. The van der Waals surface area contributed by atoms with Crippen LogP contribution in [0.3, 0.4) is 0 Å². The number of nitrogens with one attached hydrogen (secondary N) is 2. The SMILES string of the molecule is CCCCCCCCCCc1ccc(CCCCCCCCCC)c2c1-c1nc-2nc2[nH]c(nc3nc(nc4[nH]c(n1)c1ccncc41)-c1cnccc1-3)c1ccncc21. The van der Waals surface area contributed by atoms with Gasteiger partial charge in [0.05, 0.1) is 0 Å². The molecule has 6 aromatic heterocycles. The maximum Gasteiger partial charge on any atom is 0.166 e. The van der Waals surface area contributed by atoms with Crippen LogP contribution in [-0.2, 0) is 12.8 Å². The lowest BCUT2D eigenvalue weighted by atomic mass is 9.91. The molecule has 0 fully saturated rings. The van der Waals surface area contributed by atoms with Crippen LogP contribution >= 0.6 is 0 Å². The van der Waals surface area contributed by atoms with E-state index in [1.165, 1.54) is 101 Å². The third-order valence-electron chi connectivity index (χ3n) is 12.2. The zero-order valence-electron chi connectivity index (χ0n) is 35.1. The third-order valence-corrected chi connectivity index (χ3v) is 12.2. The number of aromatic amines is 2. The number of hydrogen-bond donors (Lipinski definition) is 2. The first-order valence-corrected chi connectivity index (χ1v) is 22.5. The number of hydrogen-bond acceptors (Lipinski definition) is 9. The molecule has 306 valence electrons. The molecule has 0 saturated carbocycles. The molecule has 8 bridgehead atoms. The Kier molecular flexibility index (Phi) is 12.2. The normalized spacial score (nSPS) is 12.0. The van der Waals surface area contributed by atoms with Crippen LogP contribution in [0.4, 0.5) is 0 Å². The highest BCUT2D eigenvalue weighted by Gasteiger charge is 2.27. The number of pyridine rings is 3. The lowest BCUT2D eigenvalue weighted by molar-refractivity contribution is 0.575. The molecule has 0 saturated heterocycles. The maximum atomic E-state index is 5.40.